The SMILES string of the molecule is CCC(C)C1NC(=O)C(CC)N(CC(C)(C)C)C1=O. The average molecular weight is 268 g/mol. The Labute approximate surface area is 116 Å². The highest BCUT2D eigenvalue weighted by molar-refractivity contribution is 5.97. The fraction of sp³-hybridized carbons (Fsp3) is 0.867. The zero-order chi connectivity index (χ0) is 14.8. The number of piperazine rings is 1. The summed E-state index contributed by atoms with van der Waals surface area (Å²) in [6, 6.07) is -0.672. The quantitative estimate of drug-likeness (QED) is 0.849. The van der Waals surface area contributed by atoms with Gasteiger partial charge in [0.25, 0.3) is 0 Å². The van der Waals surface area contributed by atoms with E-state index < -0.39 is 0 Å². The van der Waals surface area contributed by atoms with Gasteiger partial charge in [0.15, 0.2) is 0 Å². The van der Waals surface area contributed by atoms with Gasteiger partial charge in [-0.05, 0) is 17.8 Å². The lowest BCUT2D eigenvalue weighted by Gasteiger charge is -2.43. The van der Waals surface area contributed by atoms with Crippen molar-refractivity contribution in [3.63, 3.8) is 0 Å². The summed E-state index contributed by atoms with van der Waals surface area (Å²) in [4.78, 5) is 26.6. The summed E-state index contributed by atoms with van der Waals surface area (Å²) in [5, 5.41) is 2.90. The van der Waals surface area contributed by atoms with E-state index in [1.807, 2.05) is 20.8 Å². The molecule has 0 aromatic heterocycles. The highest BCUT2D eigenvalue weighted by Gasteiger charge is 2.42. The van der Waals surface area contributed by atoms with E-state index in [-0.39, 0.29) is 35.2 Å². The number of carbonyl (C=O) groups excluding carboxylic acids is 2. The first-order chi connectivity index (χ1) is 8.71. The summed E-state index contributed by atoms with van der Waals surface area (Å²) >= 11 is 0. The van der Waals surface area contributed by atoms with Gasteiger partial charge in [0.05, 0.1) is 0 Å². The van der Waals surface area contributed by atoms with Crippen LogP contribution in [0.4, 0.5) is 0 Å². The second-order valence-electron chi connectivity index (χ2n) is 6.82. The second kappa shape index (κ2) is 5.93. The lowest BCUT2D eigenvalue weighted by Crippen LogP contribution is -2.65. The molecule has 1 heterocycles. The first-order valence-electron chi connectivity index (χ1n) is 7.32. The summed E-state index contributed by atoms with van der Waals surface area (Å²) in [5.41, 5.74) is 0.000697. The van der Waals surface area contributed by atoms with Crippen molar-refractivity contribution < 1.29 is 9.59 Å². The fourth-order valence-electron chi connectivity index (χ4n) is 2.51. The van der Waals surface area contributed by atoms with Gasteiger partial charge < -0.3 is 10.2 Å². The van der Waals surface area contributed by atoms with Gasteiger partial charge in [-0.3, -0.25) is 9.59 Å². The van der Waals surface area contributed by atoms with Gasteiger partial charge in [-0.1, -0.05) is 48.0 Å². The molecule has 0 bridgehead atoms. The molecule has 1 saturated heterocycles. The van der Waals surface area contributed by atoms with Crippen LogP contribution in [0.1, 0.15) is 54.4 Å². The van der Waals surface area contributed by atoms with E-state index in [4.69, 9.17) is 0 Å². The molecule has 0 radical (unpaired) electrons. The van der Waals surface area contributed by atoms with Gasteiger partial charge in [0.2, 0.25) is 11.8 Å². The lowest BCUT2D eigenvalue weighted by atomic mass is 9.90. The predicted molar refractivity (Wildman–Crippen MR) is 76.6 cm³/mol. The maximum atomic E-state index is 12.6. The maximum absolute atomic E-state index is 12.6. The Morgan fingerprint density at radius 3 is 2.26 bits per heavy atom. The van der Waals surface area contributed by atoms with Crippen LogP contribution in [-0.4, -0.2) is 35.3 Å². The van der Waals surface area contributed by atoms with Crippen LogP contribution in [0, 0.1) is 11.3 Å². The molecule has 4 heteroatoms. The second-order valence-corrected chi connectivity index (χ2v) is 6.82. The Morgan fingerprint density at radius 1 is 1.26 bits per heavy atom. The van der Waals surface area contributed by atoms with Gasteiger partial charge >= 0.3 is 0 Å². The fourth-order valence-corrected chi connectivity index (χ4v) is 2.51. The number of amides is 2. The molecule has 0 saturated carbocycles. The average Bonchev–Trinajstić information content (AvgIpc) is 2.31. The van der Waals surface area contributed by atoms with Crippen molar-refractivity contribution >= 4 is 11.8 Å². The molecule has 0 aromatic rings. The van der Waals surface area contributed by atoms with Crippen molar-refractivity contribution in [3.05, 3.63) is 0 Å². The van der Waals surface area contributed by atoms with Crippen molar-refractivity contribution in [1.29, 1.82) is 0 Å². The van der Waals surface area contributed by atoms with Crippen LogP contribution in [0.25, 0.3) is 0 Å². The van der Waals surface area contributed by atoms with Crippen LogP contribution in [0.15, 0.2) is 0 Å². The standard InChI is InChI=1S/C15H28N2O2/c1-7-10(3)12-14(19)17(9-15(4,5)6)11(8-2)13(18)16-12/h10-12H,7-9H2,1-6H3,(H,16,18). The van der Waals surface area contributed by atoms with Crippen LogP contribution in [0.2, 0.25) is 0 Å². The Bertz CT molecular complexity index is 347. The Kier molecular flexibility index (Phi) is 4.99. The largest absolute Gasteiger partial charge is 0.342 e. The number of nitrogens with zero attached hydrogens (tertiary/aromatic N) is 1. The molecule has 110 valence electrons. The monoisotopic (exact) mass is 268 g/mol. The smallest absolute Gasteiger partial charge is 0.246 e. The zero-order valence-corrected chi connectivity index (χ0v) is 13.1. The minimum absolute atomic E-state index is 0.000697. The summed E-state index contributed by atoms with van der Waals surface area (Å²) < 4.78 is 0. The summed E-state index contributed by atoms with van der Waals surface area (Å²) in [7, 11) is 0. The minimum Gasteiger partial charge on any atom is -0.342 e. The van der Waals surface area contributed by atoms with Gasteiger partial charge in [-0.2, -0.15) is 0 Å². The van der Waals surface area contributed by atoms with E-state index in [9.17, 15) is 9.59 Å². The molecule has 2 amide bonds. The number of rotatable bonds is 4. The summed E-state index contributed by atoms with van der Waals surface area (Å²) in [5.74, 6) is 0.254. The molecule has 1 aliphatic rings. The molecule has 3 atom stereocenters. The van der Waals surface area contributed by atoms with Gasteiger partial charge in [-0.15, -0.1) is 0 Å². The van der Waals surface area contributed by atoms with Gasteiger partial charge in [0.1, 0.15) is 12.1 Å². The predicted octanol–water partition coefficient (Wildman–Crippen LogP) is 2.18. The van der Waals surface area contributed by atoms with E-state index in [0.29, 0.717) is 13.0 Å². The third-order valence-electron chi connectivity index (χ3n) is 3.77. The molecule has 4 nitrogen and oxygen atoms in total. The van der Waals surface area contributed by atoms with E-state index in [1.165, 1.54) is 0 Å². The molecule has 0 aromatic carbocycles. The maximum Gasteiger partial charge on any atom is 0.246 e. The molecular weight excluding hydrogens is 240 g/mol. The third-order valence-corrected chi connectivity index (χ3v) is 3.77. The number of hydrogen-bond acceptors (Lipinski definition) is 2. The van der Waals surface area contributed by atoms with Crippen molar-refractivity contribution in [2.75, 3.05) is 6.54 Å². The number of nitrogens with one attached hydrogen (secondary N) is 1. The van der Waals surface area contributed by atoms with Crippen molar-refractivity contribution in [2.45, 2.75) is 66.5 Å². The van der Waals surface area contributed by atoms with E-state index in [2.05, 4.69) is 26.1 Å². The van der Waals surface area contributed by atoms with Crippen molar-refractivity contribution in [3.8, 4) is 0 Å². The highest BCUT2D eigenvalue weighted by atomic mass is 16.2. The number of hydrogen-bond donors (Lipinski definition) is 1. The first-order valence-corrected chi connectivity index (χ1v) is 7.32. The van der Waals surface area contributed by atoms with Crippen LogP contribution < -0.4 is 5.32 Å². The zero-order valence-electron chi connectivity index (χ0n) is 13.1. The summed E-state index contributed by atoms with van der Waals surface area (Å²) in [6.45, 7) is 12.9. The van der Waals surface area contributed by atoms with E-state index >= 15 is 0 Å². The van der Waals surface area contributed by atoms with Crippen LogP contribution >= 0.6 is 0 Å². The van der Waals surface area contributed by atoms with Crippen molar-refractivity contribution in [1.82, 2.24) is 10.2 Å². The molecule has 0 spiro atoms. The normalized spacial score (nSPS) is 26.3. The van der Waals surface area contributed by atoms with Crippen LogP contribution in [0.3, 0.4) is 0 Å². The van der Waals surface area contributed by atoms with E-state index in [1.54, 1.807) is 4.90 Å². The summed E-state index contributed by atoms with van der Waals surface area (Å²) in [6.07, 6.45) is 1.55. The van der Waals surface area contributed by atoms with Gasteiger partial charge in [0, 0.05) is 6.54 Å². The Hall–Kier alpha value is -1.06. The van der Waals surface area contributed by atoms with Gasteiger partial charge in [-0.25, -0.2) is 0 Å². The first kappa shape index (κ1) is 16.0. The molecule has 19 heavy (non-hydrogen) atoms. The Balaban J connectivity index is 2.99. The van der Waals surface area contributed by atoms with E-state index in [0.717, 1.165) is 6.42 Å². The van der Waals surface area contributed by atoms with Crippen molar-refractivity contribution in [2.24, 2.45) is 11.3 Å². The highest BCUT2D eigenvalue weighted by Crippen LogP contribution is 2.24. The molecular formula is C15H28N2O2. The molecule has 1 fully saturated rings. The minimum atomic E-state index is -0.359. The van der Waals surface area contributed by atoms with Crippen LogP contribution in [-0.2, 0) is 9.59 Å². The molecule has 1 aliphatic heterocycles. The lowest BCUT2D eigenvalue weighted by molar-refractivity contribution is -0.152. The molecule has 3 unspecified atom stereocenters. The third kappa shape index (κ3) is 3.71. The number of carbonyl (C=O) groups is 2. The molecule has 1 rings (SSSR count). The van der Waals surface area contributed by atoms with Crippen LogP contribution in [0.5, 0.6) is 0 Å². The molecule has 1 N–H and O–H groups in total. The topological polar surface area (TPSA) is 49.4 Å². The Morgan fingerprint density at radius 2 is 1.84 bits per heavy atom. The molecule has 0 aliphatic carbocycles.